The number of thiophene rings is 2. The van der Waals surface area contributed by atoms with Gasteiger partial charge in [-0.1, -0.05) is 18.3 Å². The van der Waals surface area contributed by atoms with E-state index in [9.17, 15) is 19.7 Å². The third kappa shape index (κ3) is 3.04. The second-order valence-electron chi connectivity index (χ2n) is 5.77. The normalized spacial score (nSPS) is 16.5. The van der Waals surface area contributed by atoms with Crippen molar-refractivity contribution in [3.8, 4) is 0 Å². The zero-order valence-electron chi connectivity index (χ0n) is 12.8. The highest BCUT2D eigenvalue weighted by atomic mass is 32.1. The molecule has 1 aliphatic carbocycles. The Morgan fingerprint density at radius 3 is 2.75 bits per heavy atom. The van der Waals surface area contributed by atoms with E-state index in [-0.39, 0.29) is 9.88 Å². The number of primary amides is 1. The molecule has 3 rings (SSSR count). The maximum atomic E-state index is 12.3. The Bertz CT molecular complexity index is 840. The van der Waals surface area contributed by atoms with Crippen LogP contribution in [0.3, 0.4) is 0 Å². The molecule has 0 spiro atoms. The SMILES string of the molecule is C[C@H]1CCc2c(sc(NC(=O)c3ccc([N+](=O)[O-])s3)c2C(N)=O)C1. The number of rotatable bonds is 4. The number of hydrogen-bond acceptors (Lipinski definition) is 6. The van der Waals surface area contributed by atoms with Crippen LogP contribution in [0.1, 0.15) is 43.8 Å². The summed E-state index contributed by atoms with van der Waals surface area (Å²) in [5.74, 6) is -0.503. The molecule has 0 unspecified atom stereocenters. The number of fused-ring (bicyclic) bond motifs is 1. The van der Waals surface area contributed by atoms with Crippen LogP contribution in [0.4, 0.5) is 10.0 Å². The number of nitrogens with zero attached hydrogens (tertiary/aromatic N) is 1. The summed E-state index contributed by atoms with van der Waals surface area (Å²) < 4.78 is 0. The second-order valence-corrected chi connectivity index (χ2v) is 7.94. The average Bonchev–Trinajstić information content (AvgIpc) is 3.10. The first-order valence-electron chi connectivity index (χ1n) is 7.36. The van der Waals surface area contributed by atoms with E-state index in [1.807, 2.05) is 0 Å². The van der Waals surface area contributed by atoms with Crippen LogP contribution in [0.5, 0.6) is 0 Å². The first kappa shape index (κ1) is 16.6. The standard InChI is InChI=1S/C15H15N3O4S2/c1-7-2-3-8-10(6-7)24-15(12(8)13(16)19)17-14(20)9-4-5-11(23-9)18(21)22/h4-5,7H,2-3,6H2,1H3,(H2,16,19)(H,17,20)/t7-/m0/s1. The van der Waals surface area contributed by atoms with E-state index in [1.54, 1.807) is 0 Å². The van der Waals surface area contributed by atoms with Crippen LogP contribution in [0.15, 0.2) is 12.1 Å². The maximum Gasteiger partial charge on any atom is 0.324 e. The van der Waals surface area contributed by atoms with Gasteiger partial charge in [-0.05, 0) is 36.8 Å². The van der Waals surface area contributed by atoms with Crippen LogP contribution in [-0.4, -0.2) is 16.7 Å². The quantitative estimate of drug-likeness (QED) is 0.639. The predicted octanol–water partition coefficient (Wildman–Crippen LogP) is 3.19. The van der Waals surface area contributed by atoms with Crippen molar-refractivity contribution in [3.63, 3.8) is 0 Å². The van der Waals surface area contributed by atoms with Crippen molar-refractivity contribution in [1.29, 1.82) is 0 Å². The van der Waals surface area contributed by atoms with Gasteiger partial charge in [0.1, 0.15) is 5.00 Å². The highest BCUT2D eigenvalue weighted by Gasteiger charge is 2.27. The number of nitrogens with two attached hydrogens (primary N) is 1. The Kier molecular flexibility index (Phi) is 4.37. The summed E-state index contributed by atoms with van der Waals surface area (Å²) in [6, 6.07) is 2.69. The Morgan fingerprint density at radius 2 is 2.12 bits per heavy atom. The summed E-state index contributed by atoms with van der Waals surface area (Å²) in [5, 5.41) is 13.8. The molecule has 1 aliphatic rings. The molecule has 9 heteroatoms. The first-order chi connectivity index (χ1) is 11.4. The van der Waals surface area contributed by atoms with Crippen molar-refractivity contribution in [2.75, 3.05) is 5.32 Å². The maximum absolute atomic E-state index is 12.3. The fourth-order valence-electron chi connectivity index (χ4n) is 2.81. The summed E-state index contributed by atoms with van der Waals surface area (Å²) in [4.78, 5) is 35.7. The summed E-state index contributed by atoms with van der Waals surface area (Å²) in [5.41, 5.74) is 6.81. The molecule has 0 saturated carbocycles. The van der Waals surface area contributed by atoms with Gasteiger partial charge < -0.3 is 11.1 Å². The molecule has 0 aromatic carbocycles. The summed E-state index contributed by atoms with van der Waals surface area (Å²) in [6.07, 6.45) is 2.61. The van der Waals surface area contributed by atoms with Crippen molar-refractivity contribution in [2.24, 2.45) is 11.7 Å². The van der Waals surface area contributed by atoms with Crippen molar-refractivity contribution < 1.29 is 14.5 Å². The Morgan fingerprint density at radius 1 is 1.38 bits per heavy atom. The van der Waals surface area contributed by atoms with Crippen molar-refractivity contribution >= 4 is 44.5 Å². The lowest BCUT2D eigenvalue weighted by Crippen LogP contribution is -2.19. The van der Waals surface area contributed by atoms with E-state index >= 15 is 0 Å². The Labute approximate surface area is 145 Å². The number of amides is 2. The van der Waals surface area contributed by atoms with Crippen LogP contribution in [-0.2, 0) is 12.8 Å². The molecule has 0 radical (unpaired) electrons. The van der Waals surface area contributed by atoms with Gasteiger partial charge in [-0.25, -0.2) is 0 Å². The van der Waals surface area contributed by atoms with Crippen molar-refractivity contribution in [1.82, 2.24) is 0 Å². The topological polar surface area (TPSA) is 115 Å². The van der Waals surface area contributed by atoms with Crippen LogP contribution >= 0.6 is 22.7 Å². The molecule has 1 atom stereocenters. The molecular weight excluding hydrogens is 350 g/mol. The molecule has 0 aliphatic heterocycles. The lowest BCUT2D eigenvalue weighted by molar-refractivity contribution is -0.380. The monoisotopic (exact) mass is 365 g/mol. The second kappa shape index (κ2) is 6.33. The molecule has 0 saturated heterocycles. The molecule has 0 bridgehead atoms. The molecular formula is C15H15N3O4S2. The number of hydrogen-bond donors (Lipinski definition) is 2. The van der Waals surface area contributed by atoms with Gasteiger partial charge in [0.25, 0.3) is 11.8 Å². The van der Waals surface area contributed by atoms with Crippen LogP contribution in [0.25, 0.3) is 0 Å². The third-order valence-corrected chi connectivity index (χ3v) is 6.19. The van der Waals surface area contributed by atoms with Crippen molar-refractivity contribution in [3.05, 3.63) is 43.1 Å². The number of carbonyl (C=O) groups is 2. The summed E-state index contributed by atoms with van der Waals surface area (Å²) in [7, 11) is 0. The zero-order valence-corrected chi connectivity index (χ0v) is 14.5. The highest BCUT2D eigenvalue weighted by Crippen LogP contribution is 2.39. The fourth-order valence-corrected chi connectivity index (χ4v) is 4.94. The molecule has 126 valence electrons. The minimum Gasteiger partial charge on any atom is -0.365 e. The van der Waals surface area contributed by atoms with Gasteiger partial charge in [-0.3, -0.25) is 19.7 Å². The van der Waals surface area contributed by atoms with Crippen LogP contribution < -0.4 is 11.1 Å². The van der Waals surface area contributed by atoms with E-state index < -0.39 is 16.7 Å². The summed E-state index contributed by atoms with van der Waals surface area (Å²) >= 11 is 2.16. The van der Waals surface area contributed by atoms with Gasteiger partial charge >= 0.3 is 5.00 Å². The van der Waals surface area contributed by atoms with Crippen LogP contribution in [0, 0.1) is 16.0 Å². The van der Waals surface area contributed by atoms with E-state index in [0.717, 1.165) is 41.0 Å². The van der Waals surface area contributed by atoms with Gasteiger partial charge in [0.2, 0.25) is 0 Å². The number of carbonyl (C=O) groups excluding carboxylic acids is 2. The first-order valence-corrected chi connectivity index (χ1v) is 9.00. The Balaban J connectivity index is 1.90. The van der Waals surface area contributed by atoms with Gasteiger partial charge in [0.15, 0.2) is 0 Å². The predicted molar refractivity (Wildman–Crippen MR) is 93.0 cm³/mol. The fraction of sp³-hybridized carbons (Fsp3) is 0.333. The van der Waals surface area contributed by atoms with Gasteiger partial charge in [0, 0.05) is 10.9 Å². The minimum atomic E-state index is -0.561. The lowest BCUT2D eigenvalue weighted by atomic mass is 9.88. The molecule has 2 heterocycles. The van der Waals surface area contributed by atoms with Gasteiger partial charge in [-0.2, -0.15) is 0 Å². The molecule has 3 N–H and O–H groups in total. The van der Waals surface area contributed by atoms with E-state index in [2.05, 4.69) is 12.2 Å². The third-order valence-electron chi connectivity index (χ3n) is 3.98. The van der Waals surface area contributed by atoms with Gasteiger partial charge in [0.05, 0.1) is 15.4 Å². The Hall–Kier alpha value is -2.26. The largest absolute Gasteiger partial charge is 0.365 e. The van der Waals surface area contributed by atoms with Crippen LogP contribution in [0.2, 0.25) is 0 Å². The minimum absolute atomic E-state index is 0.102. The van der Waals surface area contributed by atoms with E-state index in [0.29, 0.717) is 16.5 Å². The average molecular weight is 365 g/mol. The molecule has 2 aromatic rings. The van der Waals surface area contributed by atoms with E-state index in [1.165, 1.54) is 23.5 Å². The molecule has 24 heavy (non-hydrogen) atoms. The smallest absolute Gasteiger partial charge is 0.324 e. The molecule has 2 amide bonds. The van der Waals surface area contributed by atoms with E-state index in [4.69, 9.17) is 5.73 Å². The molecule has 7 nitrogen and oxygen atoms in total. The van der Waals surface area contributed by atoms with Gasteiger partial charge in [-0.15, -0.1) is 11.3 Å². The molecule has 2 aromatic heterocycles. The van der Waals surface area contributed by atoms with Crippen molar-refractivity contribution in [2.45, 2.75) is 26.2 Å². The highest BCUT2D eigenvalue weighted by molar-refractivity contribution is 7.18. The summed E-state index contributed by atoms with van der Waals surface area (Å²) in [6.45, 7) is 2.15. The number of anilines is 1. The number of nitro groups is 1. The zero-order chi connectivity index (χ0) is 17.4. The number of nitrogens with one attached hydrogen (secondary N) is 1. The lowest BCUT2D eigenvalue weighted by Gasteiger charge is -2.18. The molecule has 0 fully saturated rings.